The Balaban J connectivity index is 5.30. The highest BCUT2D eigenvalue weighted by atomic mass is 35.5. The minimum atomic E-state index is -1.61. The van der Waals surface area contributed by atoms with Crippen LogP contribution in [0.25, 0.3) is 0 Å². The summed E-state index contributed by atoms with van der Waals surface area (Å²) in [5.74, 6) is -1.01. The van der Waals surface area contributed by atoms with Gasteiger partial charge in [-0.2, -0.15) is 0 Å². The molecule has 0 rings (SSSR count). The van der Waals surface area contributed by atoms with Crippen LogP contribution < -0.4 is 0 Å². The molecule has 0 aliphatic heterocycles. The molecule has 3 unspecified atom stereocenters. The summed E-state index contributed by atoms with van der Waals surface area (Å²) in [5, 5.41) is 0. The molecule has 0 N–H and O–H groups in total. The minimum Gasteiger partial charge on any atom is -0.416 e. The number of rotatable bonds is 24. The van der Waals surface area contributed by atoms with Crippen molar-refractivity contribution < 1.29 is 47.1 Å². The van der Waals surface area contributed by atoms with Crippen molar-refractivity contribution in [1.29, 1.82) is 0 Å². The number of methoxy groups -OCH3 is 3. The van der Waals surface area contributed by atoms with Gasteiger partial charge in [-0.05, 0) is 33.2 Å². The third-order valence-electron chi connectivity index (χ3n) is 3.91. The fraction of sp³-hybridized carbons (Fsp3) is 1.00. The molecule has 0 bridgehead atoms. The van der Waals surface area contributed by atoms with Crippen LogP contribution in [0.1, 0.15) is 27.2 Å². The first-order valence-corrected chi connectivity index (χ1v) is 13.0. The van der Waals surface area contributed by atoms with Crippen molar-refractivity contribution in [3.05, 3.63) is 0 Å². The summed E-state index contributed by atoms with van der Waals surface area (Å²) in [7, 11) is 3.95. The Morgan fingerprint density at radius 3 is 1.44 bits per heavy atom. The summed E-state index contributed by atoms with van der Waals surface area (Å²) in [5.41, 5.74) is 0. The number of hydrogen-bond acceptors (Lipinski definition) is 10. The molecular formula is C20H43ClO10Si. The highest BCUT2D eigenvalue weighted by Gasteiger charge is 2.40. The molecule has 0 aromatic heterocycles. The van der Waals surface area contributed by atoms with E-state index in [1.54, 1.807) is 42.1 Å². The molecule has 0 amide bonds. The number of hydrogen-bond donors (Lipinski definition) is 0. The van der Waals surface area contributed by atoms with E-state index in [2.05, 4.69) is 0 Å². The zero-order valence-corrected chi connectivity index (χ0v) is 22.6. The molecule has 10 nitrogen and oxygen atoms in total. The maximum absolute atomic E-state index is 6.07. The number of alkyl halides is 1. The molecule has 0 radical (unpaired) electrons. The van der Waals surface area contributed by atoms with Crippen molar-refractivity contribution >= 4 is 21.4 Å². The second kappa shape index (κ2) is 21.6. The van der Waals surface area contributed by atoms with Crippen LogP contribution in [0.3, 0.4) is 0 Å². The van der Waals surface area contributed by atoms with Gasteiger partial charge in [-0.1, -0.05) is 0 Å². The van der Waals surface area contributed by atoms with Crippen LogP contribution in [0.15, 0.2) is 0 Å². The molecule has 0 aromatic carbocycles. The molecule has 194 valence electrons. The van der Waals surface area contributed by atoms with Gasteiger partial charge in [-0.25, -0.2) is 0 Å². The molecule has 0 aliphatic rings. The Labute approximate surface area is 200 Å². The smallest absolute Gasteiger partial charge is 0.313 e. The van der Waals surface area contributed by atoms with E-state index in [1.807, 2.05) is 0 Å². The Hall–Kier alpha value is 0.107. The quantitative estimate of drug-likeness (QED) is 0.0835. The van der Waals surface area contributed by atoms with Crippen LogP contribution in [0, 0.1) is 0 Å². The second-order valence-electron chi connectivity index (χ2n) is 6.78. The van der Waals surface area contributed by atoms with Gasteiger partial charge in [0, 0.05) is 27.2 Å². The SMILES string of the molecule is COCCOC(C)OC(CO[SiH2]CCCCl)(OC(C)OCCOC)OC(C)OCCOC. The average Bonchev–Trinajstić information content (AvgIpc) is 2.74. The average molecular weight is 507 g/mol. The molecule has 0 heterocycles. The van der Waals surface area contributed by atoms with E-state index in [9.17, 15) is 0 Å². The van der Waals surface area contributed by atoms with E-state index in [0.717, 1.165) is 12.5 Å². The van der Waals surface area contributed by atoms with Crippen LogP contribution in [-0.4, -0.2) is 108 Å². The first-order valence-electron chi connectivity index (χ1n) is 10.9. The van der Waals surface area contributed by atoms with Gasteiger partial charge >= 0.3 is 5.97 Å². The van der Waals surface area contributed by atoms with Crippen molar-refractivity contribution in [2.45, 2.75) is 58.1 Å². The van der Waals surface area contributed by atoms with E-state index < -0.39 is 34.6 Å². The lowest BCUT2D eigenvalue weighted by Gasteiger charge is -2.38. The minimum absolute atomic E-state index is 0.0233. The van der Waals surface area contributed by atoms with E-state index in [0.29, 0.717) is 45.5 Å². The largest absolute Gasteiger partial charge is 0.416 e. The van der Waals surface area contributed by atoms with Crippen molar-refractivity contribution in [2.75, 3.05) is 73.5 Å². The standard InChI is InChI=1S/C20H43ClO10Si/c1-17(25-12-9-22-4)29-20(16-28-32-15-7-8-21,30-18(2)26-13-10-23-5)31-19(3)27-14-11-24-6/h17-19H,7-16,32H2,1-6H3. The predicted molar refractivity (Wildman–Crippen MR) is 122 cm³/mol. The van der Waals surface area contributed by atoms with E-state index in [4.69, 9.17) is 58.7 Å². The van der Waals surface area contributed by atoms with Gasteiger partial charge in [0.2, 0.25) is 0 Å². The van der Waals surface area contributed by atoms with Gasteiger partial charge in [0.25, 0.3) is 0 Å². The summed E-state index contributed by atoms with van der Waals surface area (Å²) in [4.78, 5) is 0. The lowest BCUT2D eigenvalue weighted by Crippen LogP contribution is -2.51. The summed E-state index contributed by atoms with van der Waals surface area (Å²) in [6, 6.07) is 0.930. The van der Waals surface area contributed by atoms with Gasteiger partial charge < -0.3 is 32.8 Å². The molecule has 0 saturated heterocycles. The van der Waals surface area contributed by atoms with Crippen molar-refractivity contribution in [3.63, 3.8) is 0 Å². The van der Waals surface area contributed by atoms with E-state index >= 15 is 0 Å². The number of ether oxygens (including phenoxy) is 9. The number of halogens is 1. The monoisotopic (exact) mass is 506 g/mol. The Kier molecular flexibility index (Phi) is 21.7. The highest BCUT2D eigenvalue weighted by Crippen LogP contribution is 2.24. The van der Waals surface area contributed by atoms with Crippen molar-refractivity contribution in [3.8, 4) is 0 Å². The van der Waals surface area contributed by atoms with E-state index in [1.165, 1.54) is 0 Å². The third-order valence-corrected chi connectivity index (χ3v) is 5.46. The Bertz CT molecular complexity index is 365. The molecule has 0 saturated carbocycles. The molecule has 32 heavy (non-hydrogen) atoms. The topological polar surface area (TPSA) is 92.3 Å². The highest BCUT2D eigenvalue weighted by molar-refractivity contribution is 6.27. The molecule has 12 heteroatoms. The third kappa shape index (κ3) is 17.6. The van der Waals surface area contributed by atoms with Crippen LogP contribution in [0.2, 0.25) is 6.04 Å². The van der Waals surface area contributed by atoms with Gasteiger partial charge in [0.15, 0.2) is 28.6 Å². The van der Waals surface area contributed by atoms with Crippen LogP contribution in [0.4, 0.5) is 0 Å². The molecule has 0 spiro atoms. The van der Waals surface area contributed by atoms with Crippen molar-refractivity contribution in [2.24, 2.45) is 0 Å². The first kappa shape index (κ1) is 32.1. The van der Waals surface area contributed by atoms with Gasteiger partial charge in [0.1, 0.15) is 6.61 Å². The van der Waals surface area contributed by atoms with Gasteiger partial charge in [-0.3, -0.25) is 14.2 Å². The Morgan fingerprint density at radius 1 is 0.688 bits per heavy atom. The molecule has 3 atom stereocenters. The van der Waals surface area contributed by atoms with Gasteiger partial charge in [-0.15, -0.1) is 11.6 Å². The molecule has 0 aliphatic carbocycles. The molecular weight excluding hydrogens is 464 g/mol. The zero-order valence-electron chi connectivity index (χ0n) is 20.5. The fourth-order valence-electron chi connectivity index (χ4n) is 2.43. The maximum Gasteiger partial charge on any atom is 0.313 e. The van der Waals surface area contributed by atoms with Gasteiger partial charge in [0.05, 0.1) is 39.6 Å². The summed E-state index contributed by atoms with van der Waals surface area (Å²) in [6.45, 7) is 7.58. The van der Waals surface area contributed by atoms with Crippen LogP contribution >= 0.6 is 11.6 Å². The molecule has 0 aromatic rings. The Morgan fingerprint density at radius 2 is 1.09 bits per heavy atom. The predicted octanol–water partition coefficient (Wildman–Crippen LogP) is 1.86. The normalized spacial score (nSPS) is 17.0. The molecule has 0 fully saturated rings. The summed E-state index contributed by atoms with van der Waals surface area (Å²) >= 11 is 5.77. The lowest BCUT2D eigenvalue weighted by atomic mass is 10.5. The van der Waals surface area contributed by atoms with Crippen LogP contribution in [-0.2, 0) is 47.1 Å². The van der Waals surface area contributed by atoms with E-state index in [-0.39, 0.29) is 6.61 Å². The lowest BCUT2D eigenvalue weighted by molar-refractivity contribution is -0.473. The summed E-state index contributed by atoms with van der Waals surface area (Å²) in [6.07, 6.45) is -1.12. The van der Waals surface area contributed by atoms with Crippen LogP contribution in [0.5, 0.6) is 0 Å². The fourth-order valence-corrected chi connectivity index (χ4v) is 3.99. The zero-order chi connectivity index (χ0) is 24.1. The first-order chi connectivity index (χ1) is 15.4. The maximum atomic E-state index is 6.07. The second-order valence-corrected chi connectivity index (χ2v) is 8.68. The van der Waals surface area contributed by atoms with Crippen molar-refractivity contribution in [1.82, 2.24) is 0 Å². The summed E-state index contributed by atoms with van der Waals surface area (Å²) < 4.78 is 56.2.